The van der Waals surface area contributed by atoms with Crippen molar-refractivity contribution in [3.05, 3.63) is 99.0 Å². The summed E-state index contributed by atoms with van der Waals surface area (Å²) in [6.07, 6.45) is 0.995. The van der Waals surface area contributed by atoms with Crippen LogP contribution in [0.5, 0.6) is 5.75 Å². The van der Waals surface area contributed by atoms with Crippen LogP contribution in [0.15, 0.2) is 65.5 Å². The molecule has 178 valence electrons. The second-order valence-corrected chi connectivity index (χ2v) is 9.62. The Bertz CT molecular complexity index is 1390. The van der Waals surface area contributed by atoms with E-state index in [1.165, 1.54) is 0 Å². The highest BCUT2D eigenvalue weighted by Gasteiger charge is 2.37. The predicted molar refractivity (Wildman–Crippen MR) is 129 cm³/mol. The molecule has 7 nitrogen and oxygen atoms in total. The van der Waals surface area contributed by atoms with Crippen molar-refractivity contribution in [3.8, 4) is 5.75 Å². The zero-order chi connectivity index (χ0) is 24.1. The van der Waals surface area contributed by atoms with Gasteiger partial charge in [0.1, 0.15) is 11.9 Å². The lowest BCUT2D eigenvalue weighted by Crippen LogP contribution is -2.49. The number of para-hydroxylation sites is 1. The Hall–Kier alpha value is -3.87. The minimum absolute atomic E-state index is 0.0307. The number of pyridine rings is 1. The molecule has 3 aromatic rings. The number of ether oxygens (including phenoxy) is 2. The lowest BCUT2D eigenvalue weighted by atomic mass is 9.83. The molecule has 3 atom stereocenters. The maximum Gasteiger partial charge on any atom is 0.339 e. The Labute approximate surface area is 202 Å². The van der Waals surface area contributed by atoms with E-state index in [-0.39, 0.29) is 23.3 Å². The number of methoxy groups -OCH3 is 1. The van der Waals surface area contributed by atoms with Crippen LogP contribution in [0.3, 0.4) is 0 Å². The lowest BCUT2D eigenvalue weighted by molar-refractivity contribution is 0.0247. The van der Waals surface area contributed by atoms with Gasteiger partial charge in [-0.05, 0) is 48.2 Å². The summed E-state index contributed by atoms with van der Waals surface area (Å²) in [4.78, 5) is 40.5. The molecular formula is C28H26N2O5. The number of fused-ring (bicyclic) bond motifs is 5. The molecule has 0 spiro atoms. The molecule has 1 aromatic heterocycles. The van der Waals surface area contributed by atoms with Gasteiger partial charge in [-0.25, -0.2) is 4.79 Å². The van der Waals surface area contributed by atoms with Crippen LogP contribution in [0.2, 0.25) is 0 Å². The molecule has 7 heteroatoms. The number of aromatic nitrogens is 1. The third-order valence-electron chi connectivity index (χ3n) is 7.48. The Kier molecular flexibility index (Phi) is 5.20. The van der Waals surface area contributed by atoms with E-state index in [1.807, 2.05) is 45.9 Å². The van der Waals surface area contributed by atoms with Gasteiger partial charge < -0.3 is 18.9 Å². The van der Waals surface area contributed by atoms with Gasteiger partial charge in [0, 0.05) is 54.9 Å². The average Bonchev–Trinajstić information content (AvgIpc) is 2.88. The summed E-state index contributed by atoms with van der Waals surface area (Å²) in [5.74, 6) is 0.647. The number of hydrogen-bond acceptors (Lipinski definition) is 5. The highest BCUT2D eigenvalue weighted by atomic mass is 16.5. The molecule has 0 saturated carbocycles. The topological polar surface area (TPSA) is 77.8 Å². The maximum atomic E-state index is 13.6. The molecule has 0 radical (unpaired) electrons. The number of nitrogens with zero attached hydrogens (tertiary/aromatic N) is 2. The molecule has 0 N–H and O–H groups in total. The van der Waals surface area contributed by atoms with E-state index in [1.54, 1.807) is 31.4 Å². The van der Waals surface area contributed by atoms with Crippen molar-refractivity contribution in [2.45, 2.75) is 31.4 Å². The van der Waals surface area contributed by atoms with Crippen molar-refractivity contribution in [1.29, 1.82) is 0 Å². The van der Waals surface area contributed by atoms with Gasteiger partial charge >= 0.3 is 5.97 Å². The van der Waals surface area contributed by atoms with Gasteiger partial charge in [0.2, 0.25) is 0 Å². The fraction of sp³-hybridized carbons (Fsp3) is 0.321. The van der Waals surface area contributed by atoms with Crippen LogP contribution < -0.4 is 10.3 Å². The summed E-state index contributed by atoms with van der Waals surface area (Å²) in [6, 6.07) is 18.2. The summed E-state index contributed by atoms with van der Waals surface area (Å²) < 4.78 is 13.0. The number of hydrogen-bond donors (Lipinski definition) is 0. The summed E-state index contributed by atoms with van der Waals surface area (Å²) in [6.45, 7) is 1.85. The Morgan fingerprint density at radius 3 is 2.71 bits per heavy atom. The molecule has 6 rings (SSSR count). The second-order valence-electron chi connectivity index (χ2n) is 9.62. The molecule has 3 aliphatic heterocycles. The lowest BCUT2D eigenvalue weighted by Gasteiger charge is -2.42. The summed E-state index contributed by atoms with van der Waals surface area (Å²) >= 11 is 0. The summed E-state index contributed by atoms with van der Waals surface area (Å²) in [5, 5.41) is 0. The maximum absolute atomic E-state index is 13.6. The molecular weight excluding hydrogens is 444 g/mol. The van der Waals surface area contributed by atoms with Crippen LogP contribution in [-0.4, -0.2) is 41.5 Å². The van der Waals surface area contributed by atoms with Gasteiger partial charge in [0.15, 0.2) is 0 Å². The Morgan fingerprint density at radius 1 is 1.00 bits per heavy atom. The smallest absolute Gasteiger partial charge is 0.339 e. The van der Waals surface area contributed by atoms with Gasteiger partial charge in [0.05, 0.1) is 12.7 Å². The van der Waals surface area contributed by atoms with Gasteiger partial charge in [0.25, 0.3) is 11.5 Å². The first-order chi connectivity index (χ1) is 17.0. The number of piperidine rings is 1. The Morgan fingerprint density at radius 2 is 1.86 bits per heavy atom. The zero-order valence-electron chi connectivity index (χ0n) is 19.5. The zero-order valence-corrected chi connectivity index (χ0v) is 19.5. The number of benzene rings is 2. The first-order valence-corrected chi connectivity index (χ1v) is 12.0. The second kappa shape index (κ2) is 8.41. The predicted octanol–water partition coefficient (Wildman–Crippen LogP) is 3.57. The number of likely N-dealkylation sites (tertiary alicyclic amines) is 1. The van der Waals surface area contributed by atoms with Crippen LogP contribution >= 0.6 is 0 Å². The normalized spacial score (nSPS) is 22.6. The molecule has 2 aromatic carbocycles. The number of rotatable bonds is 3. The van der Waals surface area contributed by atoms with Crippen molar-refractivity contribution in [2.75, 3.05) is 20.2 Å². The van der Waals surface area contributed by atoms with E-state index >= 15 is 0 Å². The standard InChI is InChI=1S/C28H26N2O5/c1-34-24-7-3-2-5-22(24)25-13-19-12-18(9-10-21(19)28(33)35-25)27(32)29-14-17-11-20(16-29)23-6-4-8-26(31)30(23)15-17/h2-10,12,17,20,25H,11,13-16H2,1H3. The molecule has 4 heterocycles. The minimum atomic E-state index is -0.472. The highest BCUT2D eigenvalue weighted by Crippen LogP contribution is 2.37. The summed E-state index contributed by atoms with van der Waals surface area (Å²) in [5.41, 5.74) is 3.72. The SMILES string of the molecule is COc1ccccc1C1Cc2cc(C(=O)N3CC4CC(C3)c3cccc(=O)n3C4)ccc2C(=O)O1. The van der Waals surface area contributed by atoms with Gasteiger partial charge in [-0.15, -0.1) is 0 Å². The van der Waals surface area contributed by atoms with Crippen molar-refractivity contribution in [3.63, 3.8) is 0 Å². The van der Waals surface area contributed by atoms with Gasteiger partial charge in [-0.1, -0.05) is 24.3 Å². The molecule has 3 unspecified atom stereocenters. The van der Waals surface area contributed by atoms with E-state index in [4.69, 9.17) is 9.47 Å². The van der Waals surface area contributed by atoms with E-state index < -0.39 is 12.1 Å². The van der Waals surface area contributed by atoms with Crippen molar-refractivity contribution >= 4 is 11.9 Å². The van der Waals surface area contributed by atoms with Crippen molar-refractivity contribution in [1.82, 2.24) is 9.47 Å². The van der Waals surface area contributed by atoms with Gasteiger partial charge in [-0.3, -0.25) is 9.59 Å². The molecule has 1 saturated heterocycles. The van der Waals surface area contributed by atoms with Crippen LogP contribution in [0.25, 0.3) is 0 Å². The average molecular weight is 471 g/mol. The fourth-order valence-electron chi connectivity index (χ4n) is 5.88. The van der Waals surface area contributed by atoms with E-state index in [2.05, 4.69) is 0 Å². The number of carbonyl (C=O) groups excluding carboxylic acids is 2. The molecule has 35 heavy (non-hydrogen) atoms. The fourth-order valence-corrected chi connectivity index (χ4v) is 5.88. The monoisotopic (exact) mass is 470 g/mol. The van der Waals surface area contributed by atoms with E-state index in [0.29, 0.717) is 42.9 Å². The highest BCUT2D eigenvalue weighted by molar-refractivity contribution is 5.98. The largest absolute Gasteiger partial charge is 0.496 e. The molecule has 2 bridgehead atoms. The van der Waals surface area contributed by atoms with Crippen LogP contribution in [0.1, 0.15) is 56.0 Å². The Balaban J connectivity index is 1.27. The first kappa shape index (κ1) is 21.6. The molecule has 1 fully saturated rings. The van der Waals surface area contributed by atoms with Crippen LogP contribution in [0, 0.1) is 5.92 Å². The van der Waals surface area contributed by atoms with Crippen molar-refractivity contribution in [2.24, 2.45) is 5.92 Å². The third kappa shape index (κ3) is 3.71. The first-order valence-electron chi connectivity index (χ1n) is 12.0. The number of cyclic esters (lactones) is 1. The number of esters is 1. The van der Waals surface area contributed by atoms with Gasteiger partial charge in [-0.2, -0.15) is 0 Å². The number of amides is 1. The third-order valence-corrected chi connectivity index (χ3v) is 7.48. The van der Waals surface area contributed by atoms with E-state index in [9.17, 15) is 14.4 Å². The van der Waals surface area contributed by atoms with Crippen molar-refractivity contribution < 1.29 is 19.1 Å². The van der Waals surface area contributed by atoms with E-state index in [0.717, 1.165) is 23.2 Å². The quantitative estimate of drug-likeness (QED) is 0.547. The van der Waals surface area contributed by atoms with Crippen LogP contribution in [0.4, 0.5) is 0 Å². The molecule has 0 aliphatic carbocycles. The molecule has 1 amide bonds. The van der Waals surface area contributed by atoms with Crippen LogP contribution in [-0.2, 0) is 17.7 Å². The number of carbonyl (C=O) groups is 2. The summed E-state index contributed by atoms with van der Waals surface area (Å²) in [7, 11) is 1.59. The minimum Gasteiger partial charge on any atom is -0.496 e. The molecule has 3 aliphatic rings.